The van der Waals surface area contributed by atoms with Gasteiger partial charge in [-0.1, -0.05) is 0 Å². The Morgan fingerprint density at radius 2 is 1.48 bits per heavy atom. The van der Waals surface area contributed by atoms with Crippen molar-refractivity contribution in [3.63, 3.8) is 0 Å². The fourth-order valence-corrected chi connectivity index (χ4v) is 3.28. The average Bonchev–Trinajstić information content (AvgIpc) is 3.13. The summed E-state index contributed by atoms with van der Waals surface area (Å²) in [6.07, 6.45) is 0.522. The lowest BCUT2D eigenvalue weighted by Gasteiger charge is -2.18. The average molecular weight is 457 g/mol. The van der Waals surface area contributed by atoms with Crippen LogP contribution in [0.3, 0.4) is 0 Å². The number of ether oxygens (including phenoxy) is 5. The van der Waals surface area contributed by atoms with Gasteiger partial charge in [-0.25, -0.2) is 4.79 Å². The Kier molecular flexibility index (Phi) is 6.71. The summed E-state index contributed by atoms with van der Waals surface area (Å²) in [7, 11) is 5.94. The molecule has 0 bridgehead atoms. The quantitative estimate of drug-likeness (QED) is 0.384. The van der Waals surface area contributed by atoms with Crippen LogP contribution in [0.5, 0.6) is 23.0 Å². The van der Waals surface area contributed by atoms with Gasteiger partial charge in [0.15, 0.2) is 17.3 Å². The number of hydrogen-bond donors (Lipinski definition) is 0. The Hall–Kier alpha value is -3.88. The molecule has 3 aromatic rings. The van der Waals surface area contributed by atoms with Gasteiger partial charge in [0.25, 0.3) is 0 Å². The van der Waals surface area contributed by atoms with Crippen LogP contribution >= 0.6 is 0 Å². The molecule has 3 rings (SSSR count). The first-order chi connectivity index (χ1) is 15.6. The molecular formula is C24H27NO8. The zero-order chi connectivity index (χ0) is 24.3. The molecule has 0 atom stereocenters. The Morgan fingerprint density at radius 1 is 0.848 bits per heavy atom. The number of aromatic nitrogens is 1. The zero-order valence-electron chi connectivity index (χ0n) is 19.7. The molecule has 0 aliphatic rings. The Bertz CT molecular complexity index is 1160. The largest absolute Gasteiger partial charge is 0.534 e. The van der Waals surface area contributed by atoms with E-state index < -0.39 is 11.8 Å². The first-order valence-corrected chi connectivity index (χ1v) is 10.1. The van der Waals surface area contributed by atoms with Crippen molar-refractivity contribution in [3.8, 4) is 23.0 Å². The molecule has 0 saturated heterocycles. The molecule has 9 heteroatoms. The molecule has 9 nitrogen and oxygen atoms in total. The lowest BCUT2D eigenvalue weighted by atomic mass is 10.0. The summed E-state index contributed by atoms with van der Waals surface area (Å²) in [5.41, 5.74) is 0.310. The lowest BCUT2D eigenvalue weighted by molar-refractivity contribution is -0.00881. The van der Waals surface area contributed by atoms with E-state index in [1.807, 2.05) is 0 Å². The van der Waals surface area contributed by atoms with E-state index in [2.05, 4.69) is 0 Å². The van der Waals surface area contributed by atoms with Crippen molar-refractivity contribution in [3.05, 3.63) is 47.7 Å². The summed E-state index contributed by atoms with van der Waals surface area (Å²) in [5, 5.41) is 0.554. The van der Waals surface area contributed by atoms with Gasteiger partial charge in [0.1, 0.15) is 11.4 Å². The second-order valence-corrected chi connectivity index (χ2v) is 8.05. The van der Waals surface area contributed by atoms with Gasteiger partial charge in [-0.15, -0.1) is 0 Å². The third-order valence-corrected chi connectivity index (χ3v) is 4.71. The molecule has 0 aliphatic heterocycles. The van der Waals surface area contributed by atoms with Crippen LogP contribution in [0, 0.1) is 0 Å². The van der Waals surface area contributed by atoms with Crippen LogP contribution in [0.25, 0.3) is 10.9 Å². The van der Waals surface area contributed by atoms with Gasteiger partial charge in [-0.2, -0.15) is 4.73 Å². The van der Waals surface area contributed by atoms with Gasteiger partial charge in [-0.05, 0) is 45.0 Å². The normalized spacial score (nSPS) is 11.1. The van der Waals surface area contributed by atoms with Crippen molar-refractivity contribution in [1.29, 1.82) is 0 Å². The van der Waals surface area contributed by atoms with Crippen molar-refractivity contribution < 1.29 is 38.1 Å². The zero-order valence-corrected chi connectivity index (χ0v) is 19.7. The molecule has 0 saturated carbocycles. The SMILES string of the molecule is COc1ccc2c(C(=O)c3cc(OC)c(OC)c(OC)c3)cn(OC(=O)OC(C)(C)C)c2c1. The molecule has 0 N–H and O–H groups in total. The van der Waals surface area contributed by atoms with Gasteiger partial charge in [-0.3, -0.25) is 4.79 Å². The van der Waals surface area contributed by atoms with Gasteiger partial charge in [0.05, 0.1) is 45.7 Å². The molecule has 0 amide bonds. The van der Waals surface area contributed by atoms with Gasteiger partial charge in [0, 0.05) is 17.0 Å². The summed E-state index contributed by atoms with van der Waals surface area (Å²) >= 11 is 0. The molecule has 1 heterocycles. The number of carbonyl (C=O) groups is 2. The number of hydrogen-bond acceptors (Lipinski definition) is 8. The van der Waals surface area contributed by atoms with Crippen molar-refractivity contribution in [2.24, 2.45) is 0 Å². The number of ketones is 1. The third kappa shape index (κ3) is 4.97. The highest BCUT2D eigenvalue weighted by Crippen LogP contribution is 2.39. The molecule has 0 unspecified atom stereocenters. The molecule has 0 fully saturated rings. The Labute approximate surface area is 191 Å². The predicted molar refractivity (Wildman–Crippen MR) is 121 cm³/mol. The summed E-state index contributed by atoms with van der Waals surface area (Å²) < 4.78 is 27.8. The Morgan fingerprint density at radius 3 is 2.00 bits per heavy atom. The summed E-state index contributed by atoms with van der Waals surface area (Å²) in [5.74, 6) is 1.25. The maximum atomic E-state index is 13.5. The van der Waals surface area contributed by atoms with Crippen LogP contribution in [0.1, 0.15) is 36.7 Å². The monoisotopic (exact) mass is 457 g/mol. The first-order valence-electron chi connectivity index (χ1n) is 10.1. The molecule has 33 heavy (non-hydrogen) atoms. The minimum Gasteiger partial charge on any atom is -0.497 e. The van der Waals surface area contributed by atoms with Crippen LogP contribution in [0.15, 0.2) is 36.5 Å². The Balaban J connectivity index is 2.11. The maximum Gasteiger partial charge on any atom is 0.534 e. The second kappa shape index (κ2) is 9.32. The fraction of sp³-hybridized carbons (Fsp3) is 0.333. The second-order valence-electron chi connectivity index (χ2n) is 8.05. The molecule has 0 aliphatic carbocycles. The van der Waals surface area contributed by atoms with Crippen LogP contribution in [-0.2, 0) is 4.74 Å². The van der Waals surface area contributed by atoms with Crippen LogP contribution in [0.2, 0.25) is 0 Å². The minimum absolute atomic E-state index is 0.297. The van der Waals surface area contributed by atoms with Crippen LogP contribution < -0.4 is 23.8 Å². The molecular weight excluding hydrogens is 430 g/mol. The highest BCUT2D eigenvalue weighted by molar-refractivity contribution is 6.17. The highest BCUT2D eigenvalue weighted by Gasteiger charge is 2.24. The number of carbonyl (C=O) groups excluding carboxylic acids is 2. The maximum absolute atomic E-state index is 13.5. The van der Waals surface area contributed by atoms with Gasteiger partial charge < -0.3 is 28.5 Å². The van der Waals surface area contributed by atoms with Crippen molar-refractivity contribution in [2.45, 2.75) is 26.4 Å². The number of methoxy groups -OCH3 is 4. The van der Waals surface area contributed by atoms with Crippen LogP contribution in [0.4, 0.5) is 4.79 Å². The van der Waals surface area contributed by atoms with E-state index >= 15 is 0 Å². The third-order valence-electron chi connectivity index (χ3n) is 4.71. The van der Waals surface area contributed by atoms with E-state index in [4.69, 9.17) is 28.5 Å². The molecule has 1 aromatic heterocycles. The predicted octanol–water partition coefficient (Wildman–Crippen LogP) is 4.27. The number of nitrogens with zero attached hydrogens (tertiary/aromatic N) is 1. The minimum atomic E-state index is -0.908. The molecule has 176 valence electrons. The van der Waals surface area contributed by atoms with E-state index in [0.29, 0.717) is 45.0 Å². The first kappa shape index (κ1) is 23.8. The number of rotatable bonds is 7. The van der Waals surface area contributed by atoms with Crippen molar-refractivity contribution in [2.75, 3.05) is 28.4 Å². The van der Waals surface area contributed by atoms with Crippen LogP contribution in [-0.4, -0.2) is 50.7 Å². The van der Waals surface area contributed by atoms with Gasteiger partial charge >= 0.3 is 6.16 Å². The van der Waals surface area contributed by atoms with Crippen molar-refractivity contribution >= 4 is 22.8 Å². The summed E-state index contributed by atoms with van der Waals surface area (Å²) in [6.45, 7) is 5.18. The molecule has 0 radical (unpaired) electrons. The molecule has 0 spiro atoms. The standard InChI is InChI=1S/C24H27NO8/c1-24(2,3)32-23(27)33-25-13-17(16-9-8-15(28-4)12-18(16)25)21(26)14-10-19(29-5)22(31-7)20(11-14)30-6/h8-13H,1-7H3. The summed E-state index contributed by atoms with van der Waals surface area (Å²) in [6, 6.07) is 8.21. The van der Waals surface area contributed by atoms with E-state index in [1.165, 1.54) is 39.4 Å². The number of benzene rings is 2. The van der Waals surface area contributed by atoms with Crippen molar-refractivity contribution in [1.82, 2.24) is 4.73 Å². The van der Waals surface area contributed by atoms with E-state index in [0.717, 1.165) is 0 Å². The fourth-order valence-electron chi connectivity index (χ4n) is 3.28. The topological polar surface area (TPSA) is 94.5 Å². The van der Waals surface area contributed by atoms with E-state index in [-0.39, 0.29) is 5.78 Å². The number of fused-ring (bicyclic) bond motifs is 1. The summed E-state index contributed by atoms with van der Waals surface area (Å²) in [4.78, 5) is 31.2. The highest BCUT2D eigenvalue weighted by atomic mass is 16.8. The van der Waals surface area contributed by atoms with Gasteiger partial charge in [0.2, 0.25) is 5.75 Å². The molecule has 2 aromatic carbocycles. The van der Waals surface area contributed by atoms with E-state index in [9.17, 15) is 9.59 Å². The smallest absolute Gasteiger partial charge is 0.497 e. The van der Waals surface area contributed by atoms with E-state index in [1.54, 1.807) is 51.1 Å². The lowest BCUT2D eigenvalue weighted by Crippen LogP contribution is -2.29.